The number of hydrogen-bond acceptors (Lipinski definition) is 11. The number of alkyl carbamates (subject to hydrolysis) is 1. The lowest BCUT2D eigenvalue weighted by Crippen LogP contribution is -2.65. The van der Waals surface area contributed by atoms with Crippen molar-refractivity contribution in [2.24, 2.45) is 41.4 Å². The summed E-state index contributed by atoms with van der Waals surface area (Å²) in [6.07, 6.45) is 4.78. The fourth-order valence-corrected chi connectivity index (χ4v) is 11.1. The molecule has 18 atom stereocenters. The van der Waals surface area contributed by atoms with Gasteiger partial charge in [0.25, 0.3) is 0 Å². The molecule has 1 amide bonds. The molecule has 2 spiro atoms. The van der Waals surface area contributed by atoms with Gasteiger partial charge in [0.05, 0.1) is 53.7 Å². The van der Waals surface area contributed by atoms with Crippen molar-refractivity contribution >= 4 is 52.6 Å². The second-order valence-electron chi connectivity index (χ2n) is 19.3. The molecule has 3 unspecified atom stereocenters. The highest BCUT2D eigenvalue weighted by atomic mass is 35.6. The van der Waals surface area contributed by atoms with E-state index in [1.807, 2.05) is 55.4 Å². The number of amides is 1. The second kappa shape index (κ2) is 19.7. The van der Waals surface area contributed by atoms with Gasteiger partial charge >= 0.3 is 12.1 Å². The van der Waals surface area contributed by atoms with Crippen LogP contribution in [0.4, 0.5) is 4.79 Å². The van der Waals surface area contributed by atoms with E-state index in [1.54, 1.807) is 19.1 Å². The molecule has 0 saturated carbocycles. The van der Waals surface area contributed by atoms with Gasteiger partial charge in [-0.25, -0.2) is 4.79 Å². The highest BCUT2D eigenvalue weighted by Crippen LogP contribution is 2.54. The fourth-order valence-electron chi connectivity index (χ4n) is 11.0. The normalized spacial score (nSPS) is 41.8. The summed E-state index contributed by atoms with van der Waals surface area (Å²) in [7, 11) is 0. The van der Waals surface area contributed by atoms with Crippen molar-refractivity contribution in [2.45, 2.75) is 203 Å². The number of rotatable bonds is 14. The number of alkyl halides is 3. The molecule has 4 fully saturated rings. The number of aliphatic hydroxyl groups is 2. The van der Waals surface area contributed by atoms with E-state index >= 15 is 0 Å². The molecule has 5 rings (SSSR count). The Bertz CT molecular complexity index is 1580. The van der Waals surface area contributed by atoms with Gasteiger partial charge in [-0.1, -0.05) is 96.3 Å². The molecule has 5 heterocycles. The van der Waals surface area contributed by atoms with Gasteiger partial charge in [0.2, 0.25) is 3.79 Å². The average molecular weight is 925 g/mol. The van der Waals surface area contributed by atoms with E-state index in [1.165, 1.54) is 0 Å². The molecule has 16 heteroatoms. The average Bonchev–Trinajstić information content (AvgIpc) is 3.54. The Balaban J connectivity index is 1.39. The summed E-state index contributed by atoms with van der Waals surface area (Å²) < 4.78 is 37.6. The van der Waals surface area contributed by atoms with E-state index in [-0.39, 0.29) is 29.6 Å². The quantitative estimate of drug-likeness (QED) is 0.0969. The first-order valence-electron chi connectivity index (χ1n) is 22.6. The van der Waals surface area contributed by atoms with E-state index in [0.717, 1.165) is 6.42 Å². The summed E-state index contributed by atoms with van der Waals surface area (Å²) in [6.45, 7) is 18.9. The summed E-state index contributed by atoms with van der Waals surface area (Å²) in [5, 5.41) is 35.7. The molecule has 350 valence electrons. The zero-order chi connectivity index (χ0) is 45.5. The van der Waals surface area contributed by atoms with E-state index in [9.17, 15) is 29.7 Å². The van der Waals surface area contributed by atoms with Gasteiger partial charge in [0.1, 0.15) is 18.4 Å². The Hall–Kier alpha value is -1.26. The van der Waals surface area contributed by atoms with Crippen LogP contribution in [0.5, 0.6) is 0 Å². The SMILES string of the molecule is CCC(C(=O)[C@@H](C)[C@@H](O)[C@H](C)[C@@H]1O[C@@H](C(CC)C(=O)O)CC[C@@H]1C)[C@H]1O[C@]2(C=CC(NC(=O)OCC(Cl)(Cl)Cl)[C@]3(CC[C@@](C)([C@H]4CC[C@](O)(CC)[C@H](C)O4)O3)O2)[C@H](C)C[C@@H]1C. The number of hydrogen-bond donors (Lipinski definition) is 4. The number of halogens is 3. The highest BCUT2D eigenvalue weighted by Gasteiger charge is 2.63. The lowest BCUT2D eigenvalue weighted by Gasteiger charge is -2.55. The van der Waals surface area contributed by atoms with Crippen LogP contribution in [0.2, 0.25) is 0 Å². The number of carboxylic acid groups (broad SMARTS) is 1. The monoisotopic (exact) mass is 923 g/mol. The number of aliphatic hydroxyl groups excluding tert-OH is 1. The van der Waals surface area contributed by atoms with Gasteiger partial charge in [-0.05, 0) is 89.5 Å². The molecule has 0 aromatic heterocycles. The van der Waals surface area contributed by atoms with Gasteiger partial charge in [0, 0.05) is 30.1 Å². The van der Waals surface area contributed by atoms with Gasteiger partial charge in [-0.15, -0.1) is 0 Å². The van der Waals surface area contributed by atoms with Gasteiger partial charge in [0.15, 0.2) is 11.6 Å². The zero-order valence-corrected chi connectivity index (χ0v) is 39.9. The minimum atomic E-state index is -1.82. The first-order chi connectivity index (χ1) is 28.4. The van der Waals surface area contributed by atoms with Gasteiger partial charge in [-0.3, -0.25) is 9.59 Å². The summed E-state index contributed by atoms with van der Waals surface area (Å²) in [5.41, 5.74) is -1.83. The Morgan fingerprint density at radius 2 is 1.59 bits per heavy atom. The zero-order valence-electron chi connectivity index (χ0n) is 37.7. The van der Waals surface area contributed by atoms with Crippen molar-refractivity contribution in [3.8, 4) is 0 Å². The predicted molar refractivity (Wildman–Crippen MR) is 231 cm³/mol. The summed E-state index contributed by atoms with van der Waals surface area (Å²) in [5.74, 6) is -6.51. The maximum absolute atomic E-state index is 14.6. The van der Waals surface area contributed by atoms with Crippen LogP contribution in [0.15, 0.2) is 12.2 Å². The molecule has 4 saturated heterocycles. The Morgan fingerprint density at radius 1 is 0.918 bits per heavy atom. The summed E-state index contributed by atoms with van der Waals surface area (Å²) in [6, 6.07) is -0.864. The molecule has 4 N–H and O–H groups in total. The Labute approximate surface area is 377 Å². The maximum atomic E-state index is 14.6. The molecule has 0 bridgehead atoms. The molecule has 5 aliphatic heterocycles. The van der Waals surface area contributed by atoms with Crippen LogP contribution in [0.3, 0.4) is 0 Å². The third-order valence-electron chi connectivity index (χ3n) is 15.1. The van der Waals surface area contributed by atoms with Crippen LogP contribution >= 0.6 is 34.8 Å². The fraction of sp³-hybridized carbons (Fsp3) is 0.889. The Kier molecular flexibility index (Phi) is 16.4. The highest BCUT2D eigenvalue weighted by molar-refractivity contribution is 6.67. The third kappa shape index (κ3) is 10.7. The number of carbonyl (C=O) groups excluding carboxylic acids is 2. The molecule has 5 aliphatic rings. The number of aliphatic carboxylic acids is 1. The van der Waals surface area contributed by atoms with Crippen LogP contribution in [0, 0.1) is 41.4 Å². The van der Waals surface area contributed by atoms with Crippen LogP contribution < -0.4 is 5.32 Å². The maximum Gasteiger partial charge on any atom is 0.407 e. The number of nitrogens with one attached hydrogen (secondary N) is 1. The van der Waals surface area contributed by atoms with Crippen molar-refractivity contribution in [3.63, 3.8) is 0 Å². The number of ketones is 1. The van der Waals surface area contributed by atoms with Crippen molar-refractivity contribution in [2.75, 3.05) is 6.61 Å². The van der Waals surface area contributed by atoms with Crippen LogP contribution in [0.1, 0.15) is 133 Å². The summed E-state index contributed by atoms with van der Waals surface area (Å²) >= 11 is 17.6. The largest absolute Gasteiger partial charge is 0.481 e. The Morgan fingerprint density at radius 3 is 2.18 bits per heavy atom. The van der Waals surface area contributed by atoms with Gasteiger partial charge in [-0.2, -0.15) is 0 Å². The number of ether oxygens (including phenoxy) is 6. The van der Waals surface area contributed by atoms with Crippen molar-refractivity contribution in [1.82, 2.24) is 5.32 Å². The molecule has 61 heavy (non-hydrogen) atoms. The standard InChI is InChI=1S/C45H72Cl3NO12/c1-11-30(39(52)53)32-15-14-24(4)37(58-32)28(8)35(50)27(7)36(51)31(12-2)38-25(5)22-26(6)43(59-38)19-16-33(49-40(54)56-23-45(46,47)48)44(61-43)21-20-41(10,60-44)34-17-18-42(55,13-3)29(9)57-34/h16,19,24-35,37-38,50,55H,11-15,17-18,20-23H2,1-10H3,(H,49,54)(H,52,53)/t24-,25-,26+,27-,28-,29-,30?,31?,32+,33?,34+,35+,37+,38-,41-,42+,43-,44-/m0/s1. The van der Waals surface area contributed by atoms with Crippen LogP contribution in [0.25, 0.3) is 0 Å². The topological polar surface area (TPSA) is 179 Å². The van der Waals surface area contributed by atoms with Crippen LogP contribution in [-0.4, -0.2) is 109 Å². The first kappa shape index (κ1) is 50.7. The molecule has 13 nitrogen and oxygen atoms in total. The third-order valence-corrected chi connectivity index (χ3v) is 15.4. The predicted octanol–water partition coefficient (Wildman–Crippen LogP) is 8.29. The molecule has 0 aromatic carbocycles. The lowest BCUT2D eigenvalue weighted by atomic mass is 9.72. The number of carboxylic acids is 1. The molecule has 0 aromatic rings. The van der Waals surface area contributed by atoms with Crippen molar-refractivity contribution < 1.29 is 58.1 Å². The van der Waals surface area contributed by atoms with Crippen molar-refractivity contribution in [3.05, 3.63) is 12.2 Å². The smallest absolute Gasteiger partial charge is 0.407 e. The van der Waals surface area contributed by atoms with E-state index in [2.05, 4.69) is 12.2 Å². The minimum absolute atomic E-state index is 0.0642. The number of carbonyl (C=O) groups is 3. The molecule has 0 aliphatic carbocycles. The van der Waals surface area contributed by atoms with E-state index in [0.29, 0.717) is 57.8 Å². The van der Waals surface area contributed by atoms with E-state index < -0.39 is 105 Å². The first-order valence-corrected chi connectivity index (χ1v) is 23.8. The summed E-state index contributed by atoms with van der Waals surface area (Å²) in [4.78, 5) is 39.8. The van der Waals surface area contributed by atoms with E-state index in [4.69, 9.17) is 63.2 Å². The lowest BCUT2D eigenvalue weighted by molar-refractivity contribution is -0.398. The number of Topliss-reactive ketones (excluding diaryl/α,β-unsaturated/α-hetero) is 1. The minimum Gasteiger partial charge on any atom is -0.481 e. The van der Waals surface area contributed by atoms with Crippen LogP contribution in [-0.2, 0) is 38.0 Å². The molecule has 0 radical (unpaired) electrons. The second-order valence-corrected chi connectivity index (χ2v) is 21.8. The van der Waals surface area contributed by atoms with Crippen molar-refractivity contribution in [1.29, 1.82) is 0 Å². The molecular weight excluding hydrogens is 853 g/mol. The van der Waals surface area contributed by atoms with Gasteiger partial charge < -0.3 is 49.1 Å². The molecular formula is C45H72Cl3NO12.